The van der Waals surface area contributed by atoms with E-state index in [1.807, 2.05) is 12.1 Å². The van der Waals surface area contributed by atoms with Gasteiger partial charge in [0, 0.05) is 33.2 Å². The second-order valence-corrected chi connectivity index (χ2v) is 8.27. The Morgan fingerprint density at radius 3 is 1.43 bits per heavy atom. The first-order chi connectivity index (χ1) is 13.7. The highest BCUT2D eigenvalue weighted by atomic mass is 79.9. The molecule has 1 nitrogen and oxygen atoms in total. The zero-order valence-corrected chi connectivity index (χ0v) is 18.9. The fourth-order valence-electron chi connectivity index (χ4n) is 2.91. The summed E-state index contributed by atoms with van der Waals surface area (Å²) in [5.74, 6) is 0. The molecule has 3 heteroatoms. The monoisotopic (exact) mass is 495 g/mol. The van der Waals surface area contributed by atoms with Gasteiger partial charge in [-0.3, -0.25) is 4.98 Å². The maximum atomic E-state index is 4.78. The SMILES string of the molecule is Brc1ccccc1CC=CCc1cccc(CC=CCc2ccccc2Br)n1. The van der Waals surface area contributed by atoms with Crippen LogP contribution in [0.4, 0.5) is 0 Å². The van der Waals surface area contributed by atoms with Crippen LogP contribution >= 0.6 is 31.9 Å². The number of allylic oxidation sites excluding steroid dienone is 4. The highest BCUT2D eigenvalue weighted by Gasteiger charge is 1.98. The second-order valence-electron chi connectivity index (χ2n) is 6.56. The van der Waals surface area contributed by atoms with Gasteiger partial charge < -0.3 is 0 Å². The van der Waals surface area contributed by atoms with Gasteiger partial charge in [0.15, 0.2) is 0 Å². The molecule has 0 N–H and O–H groups in total. The Morgan fingerprint density at radius 1 is 0.536 bits per heavy atom. The van der Waals surface area contributed by atoms with Gasteiger partial charge in [-0.15, -0.1) is 0 Å². The summed E-state index contributed by atoms with van der Waals surface area (Å²) in [4.78, 5) is 4.78. The molecule has 0 saturated heterocycles. The summed E-state index contributed by atoms with van der Waals surface area (Å²) < 4.78 is 2.32. The zero-order chi connectivity index (χ0) is 19.6. The Morgan fingerprint density at radius 2 is 0.964 bits per heavy atom. The van der Waals surface area contributed by atoms with Gasteiger partial charge >= 0.3 is 0 Å². The van der Waals surface area contributed by atoms with E-state index in [9.17, 15) is 0 Å². The number of nitrogens with zero attached hydrogens (tertiary/aromatic N) is 1. The normalized spacial score (nSPS) is 11.5. The van der Waals surface area contributed by atoms with E-state index in [-0.39, 0.29) is 0 Å². The molecule has 2 aromatic carbocycles. The fourth-order valence-corrected chi connectivity index (χ4v) is 3.81. The molecule has 28 heavy (non-hydrogen) atoms. The number of hydrogen-bond donors (Lipinski definition) is 0. The van der Waals surface area contributed by atoms with Crippen LogP contribution in [-0.2, 0) is 25.7 Å². The van der Waals surface area contributed by atoms with Crippen LogP contribution in [-0.4, -0.2) is 4.98 Å². The molecule has 1 heterocycles. The molecular weight excluding hydrogens is 474 g/mol. The van der Waals surface area contributed by atoms with E-state index < -0.39 is 0 Å². The van der Waals surface area contributed by atoms with Gasteiger partial charge in [0.2, 0.25) is 0 Å². The maximum absolute atomic E-state index is 4.78. The molecule has 0 atom stereocenters. The summed E-state index contributed by atoms with van der Waals surface area (Å²) in [6.07, 6.45) is 12.4. The molecule has 0 spiro atoms. The van der Waals surface area contributed by atoms with Gasteiger partial charge in [-0.25, -0.2) is 0 Å². The van der Waals surface area contributed by atoms with Crippen molar-refractivity contribution in [3.8, 4) is 0 Å². The van der Waals surface area contributed by atoms with Gasteiger partial charge in [0.25, 0.3) is 0 Å². The maximum Gasteiger partial charge on any atom is 0.0444 e. The minimum absolute atomic E-state index is 0.860. The molecule has 0 saturated carbocycles. The largest absolute Gasteiger partial charge is 0.257 e. The van der Waals surface area contributed by atoms with Crippen LogP contribution in [0.15, 0.2) is 100.0 Å². The molecular formula is C25H23Br2N. The number of aromatic nitrogens is 1. The van der Waals surface area contributed by atoms with Gasteiger partial charge in [0.05, 0.1) is 0 Å². The second kappa shape index (κ2) is 11.1. The standard InChI is InChI=1S/C25H23Br2N/c26-24-18-7-3-12-20(24)10-1-5-14-22-16-9-17-23(28-22)15-6-2-11-21-13-4-8-19-25(21)27/h1-9,12-13,16-19H,10-11,14-15H2. The lowest BCUT2D eigenvalue weighted by molar-refractivity contribution is 1.02. The Labute approximate surface area is 184 Å². The van der Waals surface area contributed by atoms with Crippen LogP contribution in [0.5, 0.6) is 0 Å². The highest BCUT2D eigenvalue weighted by molar-refractivity contribution is 9.10. The summed E-state index contributed by atoms with van der Waals surface area (Å²) >= 11 is 7.19. The summed E-state index contributed by atoms with van der Waals surface area (Å²) in [5, 5.41) is 0. The number of halogens is 2. The van der Waals surface area contributed by atoms with Gasteiger partial charge in [0.1, 0.15) is 0 Å². The van der Waals surface area contributed by atoms with Crippen molar-refractivity contribution < 1.29 is 0 Å². The Hall–Kier alpha value is -1.97. The molecule has 0 radical (unpaired) electrons. The topological polar surface area (TPSA) is 12.9 Å². The third kappa shape index (κ3) is 6.57. The first-order valence-electron chi connectivity index (χ1n) is 9.44. The molecule has 0 bridgehead atoms. The lowest BCUT2D eigenvalue weighted by Crippen LogP contribution is -1.93. The van der Waals surface area contributed by atoms with E-state index in [1.54, 1.807) is 0 Å². The molecule has 0 amide bonds. The van der Waals surface area contributed by atoms with Crippen LogP contribution in [0.25, 0.3) is 0 Å². The van der Waals surface area contributed by atoms with Crippen LogP contribution < -0.4 is 0 Å². The minimum atomic E-state index is 0.860. The third-order valence-corrected chi connectivity index (χ3v) is 5.99. The summed E-state index contributed by atoms with van der Waals surface area (Å²) in [6.45, 7) is 0. The molecule has 3 aromatic rings. The van der Waals surface area contributed by atoms with Crippen LogP contribution in [0.1, 0.15) is 22.5 Å². The molecule has 0 aliphatic rings. The van der Waals surface area contributed by atoms with Crippen molar-refractivity contribution in [2.75, 3.05) is 0 Å². The predicted molar refractivity (Wildman–Crippen MR) is 126 cm³/mol. The van der Waals surface area contributed by atoms with Crippen molar-refractivity contribution in [2.24, 2.45) is 0 Å². The van der Waals surface area contributed by atoms with Gasteiger partial charge in [-0.05, 0) is 48.2 Å². The number of benzene rings is 2. The quantitative estimate of drug-likeness (QED) is 0.298. The lowest BCUT2D eigenvalue weighted by Gasteiger charge is -2.02. The van der Waals surface area contributed by atoms with E-state index in [0.717, 1.165) is 46.0 Å². The van der Waals surface area contributed by atoms with E-state index in [0.29, 0.717) is 0 Å². The lowest BCUT2D eigenvalue weighted by atomic mass is 10.1. The molecule has 1 aromatic heterocycles. The van der Waals surface area contributed by atoms with E-state index in [2.05, 4.69) is 111 Å². The minimum Gasteiger partial charge on any atom is -0.257 e. The molecule has 0 aliphatic carbocycles. The molecule has 3 rings (SSSR count). The van der Waals surface area contributed by atoms with E-state index in [1.165, 1.54) is 11.1 Å². The average Bonchev–Trinajstić information content (AvgIpc) is 2.71. The van der Waals surface area contributed by atoms with Crippen molar-refractivity contribution in [3.63, 3.8) is 0 Å². The summed E-state index contributed by atoms with van der Waals surface area (Å²) in [7, 11) is 0. The predicted octanol–water partition coefficient (Wildman–Crippen LogP) is 7.29. The van der Waals surface area contributed by atoms with E-state index in [4.69, 9.17) is 4.98 Å². The van der Waals surface area contributed by atoms with Crippen molar-refractivity contribution >= 4 is 31.9 Å². The van der Waals surface area contributed by atoms with Crippen LogP contribution in [0, 0.1) is 0 Å². The van der Waals surface area contributed by atoms with Crippen molar-refractivity contribution in [3.05, 3.63) is 122 Å². The molecule has 0 aliphatic heterocycles. The third-order valence-electron chi connectivity index (χ3n) is 4.44. The van der Waals surface area contributed by atoms with Crippen LogP contribution in [0.3, 0.4) is 0 Å². The first kappa shape index (κ1) is 20.8. The number of hydrogen-bond acceptors (Lipinski definition) is 1. The Balaban J connectivity index is 1.49. The van der Waals surface area contributed by atoms with Crippen LogP contribution in [0.2, 0.25) is 0 Å². The summed E-state index contributed by atoms with van der Waals surface area (Å²) in [6, 6.07) is 23.0. The van der Waals surface area contributed by atoms with Crippen molar-refractivity contribution in [1.29, 1.82) is 0 Å². The fraction of sp³-hybridized carbons (Fsp3) is 0.160. The zero-order valence-electron chi connectivity index (χ0n) is 15.7. The average molecular weight is 497 g/mol. The summed E-state index contributed by atoms with van der Waals surface area (Å²) in [5.41, 5.74) is 4.83. The van der Waals surface area contributed by atoms with Crippen molar-refractivity contribution in [1.82, 2.24) is 4.98 Å². The number of pyridine rings is 1. The highest BCUT2D eigenvalue weighted by Crippen LogP contribution is 2.17. The van der Waals surface area contributed by atoms with Crippen molar-refractivity contribution in [2.45, 2.75) is 25.7 Å². The molecule has 0 unspecified atom stereocenters. The first-order valence-corrected chi connectivity index (χ1v) is 11.0. The molecule has 142 valence electrons. The Kier molecular flexibility index (Phi) is 8.25. The smallest absolute Gasteiger partial charge is 0.0444 e. The van der Waals surface area contributed by atoms with Gasteiger partial charge in [-0.2, -0.15) is 0 Å². The molecule has 0 fully saturated rings. The van der Waals surface area contributed by atoms with E-state index >= 15 is 0 Å². The Bertz CT molecular complexity index is 885. The van der Waals surface area contributed by atoms with Gasteiger partial charge in [-0.1, -0.05) is 98.6 Å². The number of rotatable bonds is 8.